The third kappa shape index (κ3) is 5.37. The molecule has 0 spiro atoms. The number of carbonyl (C=O) groups excluding carboxylic acids is 3. The lowest BCUT2D eigenvalue weighted by Crippen LogP contribution is -2.32. The Morgan fingerprint density at radius 2 is 1.54 bits per heavy atom. The number of hydrogen-bond acceptors (Lipinski definition) is 4. The molecule has 6 heteroatoms. The number of nitrogens with one attached hydrogen (secondary N) is 2. The first-order chi connectivity index (χ1) is 11.5. The number of amides is 2. The molecule has 1 atom stereocenters. The average molecular weight is 332 g/mol. The summed E-state index contributed by atoms with van der Waals surface area (Å²) in [5, 5.41) is 5.35. The molecule has 0 aliphatic heterocycles. The molecule has 0 unspecified atom stereocenters. The summed E-state index contributed by atoms with van der Waals surface area (Å²) in [6.45, 7) is 3.00. The van der Waals surface area contributed by atoms with Crippen molar-refractivity contribution in [3.63, 3.8) is 0 Å². The van der Waals surface area contributed by atoms with Crippen LogP contribution in [0, 0.1) is 5.92 Å². The van der Waals surface area contributed by atoms with E-state index < -0.39 is 6.10 Å². The van der Waals surface area contributed by atoms with Gasteiger partial charge >= 0.3 is 5.97 Å². The number of benzene rings is 1. The van der Waals surface area contributed by atoms with E-state index >= 15 is 0 Å². The molecule has 1 aromatic carbocycles. The summed E-state index contributed by atoms with van der Waals surface area (Å²) in [5.41, 5.74) is 1.23. The van der Waals surface area contributed by atoms with E-state index in [1.54, 1.807) is 31.2 Å². The van der Waals surface area contributed by atoms with E-state index in [9.17, 15) is 14.4 Å². The zero-order valence-electron chi connectivity index (χ0n) is 14.1. The van der Waals surface area contributed by atoms with Crippen LogP contribution < -0.4 is 10.6 Å². The lowest BCUT2D eigenvalue weighted by Gasteiger charge is -2.22. The van der Waals surface area contributed by atoms with Gasteiger partial charge in [0, 0.05) is 18.3 Å². The quantitative estimate of drug-likeness (QED) is 0.812. The molecule has 6 nitrogen and oxygen atoms in total. The lowest BCUT2D eigenvalue weighted by atomic mass is 9.89. The highest BCUT2D eigenvalue weighted by atomic mass is 16.5. The van der Waals surface area contributed by atoms with Gasteiger partial charge in [0.1, 0.15) is 0 Å². The van der Waals surface area contributed by atoms with E-state index in [2.05, 4.69) is 10.6 Å². The molecule has 2 amide bonds. The topological polar surface area (TPSA) is 84.5 Å². The standard InChI is InChI=1S/C18H24N2O4/c1-12(24-18(23)14-6-4-3-5-7-14)17(22)20-16-10-8-15(9-11-16)19-13(2)21/h8-12,14H,3-7H2,1-2H3,(H,19,21)(H,20,22)/t12-/m1/s1. The summed E-state index contributed by atoms with van der Waals surface area (Å²) in [7, 11) is 0. The fourth-order valence-corrected chi connectivity index (χ4v) is 2.75. The summed E-state index contributed by atoms with van der Waals surface area (Å²) in [6.07, 6.45) is 4.10. The summed E-state index contributed by atoms with van der Waals surface area (Å²) in [4.78, 5) is 35.2. The molecule has 0 saturated heterocycles. The van der Waals surface area contributed by atoms with Crippen molar-refractivity contribution in [2.45, 2.75) is 52.1 Å². The third-order valence-electron chi connectivity index (χ3n) is 4.07. The SMILES string of the molecule is CC(=O)Nc1ccc(NC(=O)[C@@H](C)OC(=O)C2CCCCC2)cc1. The van der Waals surface area contributed by atoms with Crippen molar-refractivity contribution in [2.24, 2.45) is 5.92 Å². The van der Waals surface area contributed by atoms with E-state index in [1.165, 1.54) is 6.92 Å². The van der Waals surface area contributed by atoms with Crippen molar-refractivity contribution in [3.8, 4) is 0 Å². The lowest BCUT2D eigenvalue weighted by molar-refractivity contribution is -0.158. The maximum Gasteiger partial charge on any atom is 0.309 e. The van der Waals surface area contributed by atoms with Crippen LogP contribution in [0.2, 0.25) is 0 Å². The Morgan fingerprint density at radius 3 is 2.08 bits per heavy atom. The minimum absolute atomic E-state index is 0.0778. The van der Waals surface area contributed by atoms with E-state index in [0.29, 0.717) is 11.4 Å². The summed E-state index contributed by atoms with van der Waals surface area (Å²) >= 11 is 0. The number of hydrogen-bond donors (Lipinski definition) is 2. The second-order valence-corrected chi connectivity index (χ2v) is 6.16. The highest BCUT2D eigenvalue weighted by Crippen LogP contribution is 2.25. The second-order valence-electron chi connectivity index (χ2n) is 6.16. The Balaban J connectivity index is 1.84. The van der Waals surface area contributed by atoms with Crippen LogP contribution in [0.1, 0.15) is 46.0 Å². The van der Waals surface area contributed by atoms with Crippen molar-refractivity contribution >= 4 is 29.2 Å². The van der Waals surface area contributed by atoms with Gasteiger partial charge in [-0.3, -0.25) is 14.4 Å². The fourth-order valence-electron chi connectivity index (χ4n) is 2.75. The Labute approximate surface area is 142 Å². The molecular weight excluding hydrogens is 308 g/mol. The highest BCUT2D eigenvalue weighted by molar-refractivity contribution is 5.95. The zero-order chi connectivity index (χ0) is 17.5. The first kappa shape index (κ1) is 18.0. The highest BCUT2D eigenvalue weighted by Gasteiger charge is 2.26. The summed E-state index contributed by atoms with van der Waals surface area (Å²) in [6, 6.07) is 6.74. The van der Waals surface area contributed by atoms with E-state index in [1.807, 2.05) is 0 Å². The Bertz CT molecular complexity index is 592. The molecule has 0 heterocycles. The first-order valence-electron chi connectivity index (χ1n) is 8.34. The smallest absolute Gasteiger partial charge is 0.309 e. The summed E-state index contributed by atoms with van der Waals surface area (Å²) < 4.78 is 5.29. The Morgan fingerprint density at radius 1 is 1.00 bits per heavy atom. The van der Waals surface area contributed by atoms with Crippen LogP contribution in [-0.2, 0) is 19.1 Å². The van der Waals surface area contributed by atoms with Crippen LogP contribution in [0.3, 0.4) is 0 Å². The van der Waals surface area contributed by atoms with Crippen molar-refractivity contribution in [2.75, 3.05) is 10.6 Å². The van der Waals surface area contributed by atoms with Gasteiger partial charge in [0.2, 0.25) is 5.91 Å². The van der Waals surface area contributed by atoms with Crippen molar-refractivity contribution in [1.82, 2.24) is 0 Å². The van der Waals surface area contributed by atoms with Crippen LogP contribution >= 0.6 is 0 Å². The van der Waals surface area contributed by atoms with Crippen LogP contribution in [0.4, 0.5) is 11.4 Å². The van der Waals surface area contributed by atoms with Gasteiger partial charge in [-0.1, -0.05) is 19.3 Å². The number of anilines is 2. The molecular formula is C18H24N2O4. The van der Waals surface area contributed by atoms with Crippen LogP contribution in [0.5, 0.6) is 0 Å². The minimum Gasteiger partial charge on any atom is -0.452 e. The molecule has 130 valence electrons. The van der Waals surface area contributed by atoms with Gasteiger partial charge < -0.3 is 15.4 Å². The normalized spacial score (nSPS) is 16.1. The molecule has 0 bridgehead atoms. The molecule has 1 saturated carbocycles. The predicted molar refractivity (Wildman–Crippen MR) is 91.5 cm³/mol. The molecule has 0 aromatic heterocycles. The molecule has 1 aliphatic carbocycles. The van der Waals surface area contributed by atoms with Crippen LogP contribution in [-0.4, -0.2) is 23.9 Å². The second kappa shape index (κ2) is 8.47. The van der Waals surface area contributed by atoms with Crippen molar-refractivity contribution in [3.05, 3.63) is 24.3 Å². The van der Waals surface area contributed by atoms with E-state index in [-0.39, 0.29) is 23.7 Å². The van der Waals surface area contributed by atoms with Crippen LogP contribution in [0.25, 0.3) is 0 Å². The molecule has 0 radical (unpaired) electrons. The van der Waals surface area contributed by atoms with E-state index in [4.69, 9.17) is 4.74 Å². The average Bonchev–Trinajstić information content (AvgIpc) is 2.56. The predicted octanol–water partition coefficient (Wildman–Crippen LogP) is 3.10. The number of ether oxygens (including phenoxy) is 1. The molecule has 1 aliphatic rings. The van der Waals surface area contributed by atoms with E-state index in [0.717, 1.165) is 32.1 Å². The van der Waals surface area contributed by atoms with Crippen LogP contribution in [0.15, 0.2) is 24.3 Å². The largest absolute Gasteiger partial charge is 0.452 e. The number of carbonyl (C=O) groups is 3. The molecule has 2 N–H and O–H groups in total. The van der Waals surface area contributed by atoms with Gasteiger partial charge in [-0.2, -0.15) is 0 Å². The van der Waals surface area contributed by atoms with Crippen molar-refractivity contribution < 1.29 is 19.1 Å². The summed E-state index contributed by atoms with van der Waals surface area (Å²) in [5.74, 6) is -0.884. The zero-order valence-corrected chi connectivity index (χ0v) is 14.1. The van der Waals surface area contributed by atoms with Gasteiger partial charge in [0.05, 0.1) is 5.92 Å². The Kier molecular flexibility index (Phi) is 6.35. The van der Waals surface area contributed by atoms with Gasteiger partial charge in [0.15, 0.2) is 6.10 Å². The Hall–Kier alpha value is -2.37. The maximum absolute atomic E-state index is 12.1. The number of esters is 1. The van der Waals surface area contributed by atoms with Gasteiger partial charge in [-0.05, 0) is 44.0 Å². The van der Waals surface area contributed by atoms with Gasteiger partial charge in [-0.15, -0.1) is 0 Å². The number of rotatable bonds is 5. The minimum atomic E-state index is -0.838. The molecule has 1 aromatic rings. The molecule has 1 fully saturated rings. The molecule has 2 rings (SSSR count). The maximum atomic E-state index is 12.1. The van der Waals surface area contributed by atoms with Crippen molar-refractivity contribution in [1.29, 1.82) is 0 Å². The third-order valence-corrected chi connectivity index (χ3v) is 4.07. The van der Waals surface area contributed by atoms with Gasteiger partial charge in [0.25, 0.3) is 5.91 Å². The first-order valence-corrected chi connectivity index (χ1v) is 8.34. The van der Waals surface area contributed by atoms with Gasteiger partial charge in [-0.25, -0.2) is 0 Å². The monoisotopic (exact) mass is 332 g/mol. The fraction of sp³-hybridized carbons (Fsp3) is 0.500. The molecule has 24 heavy (non-hydrogen) atoms.